The molecule has 0 bridgehead atoms. The number of hydrogen-bond donors (Lipinski definition) is 2. The third-order valence-corrected chi connectivity index (χ3v) is 5.06. The molecular weight excluding hydrogens is 420 g/mol. The van der Waals surface area contributed by atoms with Crippen molar-refractivity contribution in [2.45, 2.75) is 5.16 Å². The van der Waals surface area contributed by atoms with Crippen molar-refractivity contribution in [1.82, 2.24) is 14.9 Å². The molecule has 1 aromatic heterocycles. The van der Waals surface area contributed by atoms with Crippen LogP contribution in [0, 0.1) is 10.1 Å². The number of thioether (sulfide) groups is 1. The van der Waals surface area contributed by atoms with Crippen molar-refractivity contribution in [2.24, 2.45) is 0 Å². The summed E-state index contributed by atoms with van der Waals surface area (Å²) in [5.41, 5.74) is 0.396. The fourth-order valence-corrected chi connectivity index (χ4v) is 3.29. The number of nitro groups is 1. The summed E-state index contributed by atoms with van der Waals surface area (Å²) in [6, 6.07) is 11.2. The highest BCUT2D eigenvalue weighted by atomic mass is 35.5. The molecule has 10 nitrogen and oxygen atoms in total. The van der Waals surface area contributed by atoms with E-state index in [0.717, 1.165) is 11.8 Å². The van der Waals surface area contributed by atoms with Crippen LogP contribution in [0.3, 0.4) is 0 Å². The molecule has 0 aliphatic heterocycles. The van der Waals surface area contributed by atoms with Gasteiger partial charge in [-0.3, -0.25) is 14.9 Å². The minimum absolute atomic E-state index is 0.0624. The summed E-state index contributed by atoms with van der Waals surface area (Å²) >= 11 is 7.18. The number of nitro benzene ring substituents is 1. The number of aromatic nitrogens is 3. The molecule has 29 heavy (non-hydrogen) atoms. The van der Waals surface area contributed by atoms with Crippen molar-refractivity contribution in [3.8, 4) is 17.1 Å². The maximum Gasteiger partial charge on any atom is 0.296 e. The normalized spacial score (nSPS) is 10.6. The Morgan fingerprint density at radius 3 is 2.79 bits per heavy atom. The second-order valence-corrected chi connectivity index (χ2v) is 6.98. The maximum atomic E-state index is 12.3. The Morgan fingerprint density at radius 1 is 1.34 bits per heavy atom. The van der Waals surface area contributed by atoms with Crippen LogP contribution in [0.5, 0.6) is 5.75 Å². The first kappa shape index (κ1) is 20.4. The summed E-state index contributed by atoms with van der Waals surface area (Å²) in [6.07, 6.45) is 0. The topological polar surface area (TPSA) is 138 Å². The van der Waals surface area contributed by atoms with Crippen LogP contribution in [0.1, 0.15) is 0 Å². The lowest BCUT2D eigenvalue weighted by Crippen LogP contribution is -2.17. The number of nitrogens with zero attached hydrogens (tertiary/aromatic N) is 4. The summed E-state index contributed by atoms with van der Waals surface area (Å²) in [4.78, 5) is 22.9. The average Bonchev–Trinajstić information content (AvgIpc) is 3.07. The molecule has 3 N–H and O–H groups in total. The molecule has 0 radical (unpaired) electrons. The SMILES string of the molecule is COc1ccc(NC(=O)CSc2nnc(-c3ccccc3Cl)n2N)c([N+](=O)[O-])c1. The molecule has 0 spiro atoms. The Labute approximate surface area is 174 Å². The molecule has 1 amide bonds. The molecule has 0 fully saturated rings. The zero-order chi connectivity index (χ0) is 21.0. The van der Waals surface area contributed by atoms with Gasteiger partial charge in [-0.1, -0.05) is 35.5 Å². The lowest BCUT2D eigenvalue weighted by atomic mass is 10.2. The number of nitrogen functional groups attached to an aromatic ring is 1. The molecule has 0 aliphatic rings. The van der Waals surface area contributed by atoms with Gasteiger partial charge in [-0.05, 0) is 24.3 Å². The number of amides is 1. The van der Waals surface area contributed by atoms with E-state index in [-0.39, 0.29) is 17.1 Å². The number of rotatable bonds is 7. The number of halogens is 1. The summed E-state index contributed by atoms with van der Waals surface area (Å²) < 4.78 is 6.20. The van der Waals surface area contributed by atoms with Gasteiger partial charge < -0.3 is 15.9 Å². The van der Waals surface area contributed by atoms with Crippen LogP contribution in [0.2, 0.25) is 5.02 Å². The van der Waals surface area contributed by atoms with Crippen LogP contribution in [0.15, 0.2) is 47.6 Å². The molecule has 0 saturated heterocycles. The Morgan fingerprint density at radius 2 is 2.10 bits per heavy atom. The van der Waals surface area contributed by atoms with Gasteiger partial charge in [0.2, 0.25) is 11.1 Å². The van der Waals surface area contributed by atoms with Crippen molar-refractivity contribution in [3.63, 3.8) is 0 Å². The monoisotopic (exact) mass is 434 g/mol. The van der Waals surface area contributed by atoms with Crippen LogP contribution < -0.4 is 15.9 Å². The molecule has 2 aromatic carbocycles. The molecule has 3 rings (SSSR count). The van der Waals surface area contributed by atoms with Gasteiger partial charge >= 0.3 is 0 Å². The average molecular weight is 435 g/mol. The molecule has 12 heteroatoms. The first-order chi connectivity index (χ1) is 13.9. The van der Waals surface area contributed by atoms with Gasteiger partial charge in [0.25, 0.3) is 5.69 Å². The minimum atomic E-state index is -0.600. The smallest absolute Gasteiger partial charge is 0.296 e. The predicted octanol–water partition coefficient (Wildman–Crippen LogP) is 2.96. The molecule has 0 aliphatic carbocycles. The van der Waals surface area contributed by atoms with Crippen LogP contribution in [0.4, 0.5) is 11.4 Å². The van der Waals surface area contributed by atoms with E-state index in [4.69, 9.17) is 22.2 Å². The molecule has 0 unspecified atom stereocenters. The van der Waals surface area contributed by atoms with Crippen molar-refractivity contribution in [1.29, 1.82) is 0 Å². The fraction of sp³-hybridized carbons (Fsp3) is 0.118. The molecule has 3 aromatic rings. The molecule has 150 valence electrons. The lowest BCUT2D eigenvalue weighted by molar-refractivity contribution is -0.384. The van der Waals surface area contributed by atoms with E-state index < -0.39 is 10.8 Å². The number of hydrogen-bond acceptors (Lipinski definition) is 8. The number of carbonyl (C=O) groups excluding carboxylic acids is 1. The van der Waals surface area contributed by atoms with Gasteiger partial charge in [-0.2, -0.15) is 0 Å². The second-order valence-electron chi connectivity index (χ2n) is 5.63. The summed E-state index contributed by atoms with van der Waals surface area (Å²) in [5, 5.41) is 22.4. The summed E-state index contributed by atoms with van der Waals surface area (Å²) in [5.74, 6) is 6.13. The third kappa shape index (κ3) is 4.58. The Kier molecular flexibility index (Phi) is 6.20. The van der Waals surface area contributed by atoms with Crippen LogP contribution in [-0.2, 0) is 4.79 Å². The molecule has 1 heterocycles. The molecule has 0 atom stereocenters. The van der Waals surface area contributed by atoms with Crippen LogP contribution >= 0.6 is 23.4 Å². The Balaban J connectivity index is 1.69. The zero-order valence-corrected chi connectivity index (χ0v) is 16.6. The number of carbonyl (C=O) groups is 1. The molecular formula is C17H15ClN6O4S. The highest BCUT2D eigenvalue weighted by molar-refractivity contribution is 7.99. The minimum Gasteiger partial charge on any atom is -0.496 e. The van der Waals surface area contributed by atoms with E-state index in [1.54, 1.807) is 24.3 Å². The largest absolute Gasteiger partial charge is 0.496 e. The summed E-state index contributed by atoms with van der Waals surface area (Å²) in [7, 11) is 1.40. The van der Waals surface area contributed by atoms with Crippen molar-refractivity contribution < 1.29 is 14.5 Å². The van der Waals surface area contributed by atoms with Gasteiger partial charge in [0.15, 0.2) is 5.82 Å². The van der Waals surface area contributed by atoms with Crippen molar-refractivity contribution in [2.75, 3.05) is 24.0 Å². The van der Waals surface area contributed by atoms with Crippen molar-refractivity contribution in [3.05, 3.63) is 57.6 Å². The molecule has 0 saturated carbocycles. The number of benzene rings is 2. The standard InChI is InChI=1S/C17H15ClN6O4S/c1-28-10-6-7-13(14(8-10)24(26)27)20-15(25)9-29-17-22-21-16(23(17)19)11-4-2-3-5-12(11)18/h2-8H,9,19H2,1H3,(H,20,25). The lowest BCUT2D eigenvalue weighted by Gasteiger charge is -2.08. The number of nitrogens with two attached hydrogens (primary N) is 1. The van der Waals surface area contributed by atoms with E-state index >= 15 is 0 Å². The summed E-state index contributed by atoms with van der Waals surface area (Å²) in [6.45, 7) is 0. The Hall–Kier alpha value is -3.31. The third-order valence-electron chi connectivity index (χ3n) is 3.79. The first-order valence-electron chi connectivity index (χ1n) is 8.11. The maximum absolute atomic E-state index is 12.3. The van der Waals surface area contributed by atoms with E-state index in [0.29, 0.717) is 27.3 Å². The predicted molar refractivity (Wildman–Crippen MR) is 110 cm³/mol. The van der Waals surface area contributed by atoms with E-state index in [2.05, 4.69) is 15.5 Å². The highest BCUT2D eigenvalue weighted by Crippen LogP contribution is 2.30. The van der Waals surface area contributed by atoms with E-state index in [1.165, 1.54) is 30.0 Å². The van der Waals surface area contributed by atoms with Gasteiger partial charge in [0, 0.05) is 5.56 Å². The second kappa shape index (κ2) is 8.80. The number of methoxy groups -OCH3 is 1. The Bertz CT molecular complexity index is 1070. The van der Waals surface area contributed by atoms with E-state index in [9.17, 15) is 14.9 Å². The van der Waals surface area contributed by atoms with Gasteiger partial charge in [-0.25, -0.2) is 4.68 Å². The fourth-order valence-electron chi connectivity index (χ4n) is 2.41. The van der Waals surface area contributed by atoms with Gasteiger partial charge in [0.05, 0.1) is 28.9 Å². The highest BCUT2D eigenvalue weighted by Gasteiger charge is 2.19. The van der Waals surface area contributed by atoms with Crippen molar-refractivity contribution >= 4 is 40.6 Å². The van der Waals surface area contributed by atoms with E-state index in [1.807, 2.05) is 0 Å². The zero-order valence-electron chi connectivity index (χ0n) is 15.0. The quantitative estimate of drug-likeness (QED) is 0.250. The van der Waals surface area contributed by atoms with Gasteiger partial charge in [-0.15, -0.1) is 10.2 Å². The number of anilines is 1. The first-order valence-corrected chi connectivity index (χ1v) is 9.47. The van der Waals surface area contributed by atoms with Crippen LogP contribution in [0.25, 0.3) is 11.4 Å². The van der Waals surface area contributed by atoms with Gasteiger partial charge in [0.1, 0.15) is 11.4 Å². The number of ether oxygens (including phenoxy) is 1. The van der Waals surface area contributed by atoms with Crippen LogP contribution in [-0.4, -0.2) is 38.6 Å². The number of nitrogens with one attached hydrogen (secondary N) is 1.